The smallest absolute Gasteiger partial charge is 0.124 e. The van der Waals surface area contributed by atoms with Crippen LogP contribution < -0.4 is 0 Å². The van der Waals surface area contributed by atoms with E-state index in [0.29, 0.717) is 6.42 Å². The van der Waals surface area contributed by atoms with Gasteiger partial charge in [-0.3, -0.25) is 0 Å². The van der Waals surface area contributed by atoms with E-state index in [9.17, 15) is 9.50 Å². The largest absolute Gasteiger partial charge is 0.388 e. The number of aliphatic hydroxyl groups excluding tert-OH is 1. The van der Waals surface area contributed by atoms with Gasteiger partial charge in [-0.1, -0.05) is 18.2 Å². The van der Waals surface area contributed by atoms with Crippen LogP contribution in [0.4, 0.5) is 4.39 Å². The Morgan fingerprint density at radius 1 is 1.29 bits per heavy atom. The summed E-state index contributed by atoms with van der Waals surface area (Å²) in [6.07, 6.45) is -0.305. The molecule has 108 valence electrons. The Morgan fingerprint density at radius 2 is 2.05 bits per heavy atom. The van der Waals surface area contributed by atoms with Crippen LogP contribution in [0.25, 0.3) is 11.0 Å². The van der Waals surface area contributed by atoms with E-state index in [2.05, 4.69) is 4.98 Å². The van der Waals surface area contributed by atoms with Gasteiger partial charge in [-0.05, 0) is 52.4 Å². The van der Waals surface area contributed by atoms with Crippen molar-refractivity contribution < 1.29 is 9.50 Å². The first kappa shape index (κ1) is 14.5. The number of nitrogens with zero attached hydrogens (tertiary/aromatic N) is 2. The van der Waals surface area contributed by atoms with Gasteiger partial charge in [0, 0.05) is 17.0 Å². The van der Waals surface area contributed by atoms with Gasteiger partial charge in [-0.2, -0.15) is 0 Å². The van der Waals surface area contributed by atoms with E-state index in [1.54, 1.807) is 6.07 Å². The van der Waals surface area contributed by atoms with Crippen LogP contribution in [0.2, 0.25) is 0 Å². The summed E-state index contributed by atoms with van der Waals surface area (Å²) in [5.41, 5.74) is 2.67. The molecule has 0 fully saturated rings. The Hall–Kier alpha value is -1.47. The van der Waals surface area contributed by atoms with Crippen molar-refractivity contribution in [2.45, 2.75) is 12.5 Å². The lowest BCUT2D eigenvalue weighted by molar-refractivity contribution is 0.174. The minimum absolute atomic E-state index is 0.293. The predicted molar refractivity (Wildman–Crippen MR) is 88.5 cm³/mol. The molecule has 1 unspecified atom stereocenters. The summed E-state index contributed by atoms with van der Waals surface area (Å²) in [7, 11) is 1.94. The van der Waals surface area contributed by atoms with Crippen LogP contribution in [0.15, 0.2) is 42.5 Å². The number of imidazole rings is 1. The topological polar surface area (TPSA) is 38.0 Å². The Balaban J connectivity index is 1.92. The van der Waals surface area contributed by atoms with Gasteiger partial charge in [0.05, 0.1) is 17.1 Å². The maximum atomic E-state index is 13.1. The molecule has 3 nitrogen and oxygen atoms in total. The van der Waals surface area contributed by atoms with E-state index in [-0.39, 0.29) is 5.82 Å². The number of hydrogen-bond acceptors (Lipinski definition) is 2. The molecule has 0 aliphatic rings. The molecular weight excluding hydrogens is 382 g/mol. The Morgan fingerprint density at radius 3 is 2.76 bits per heavy atom. The number of aryl methyl sites for hydroxylation is 1. The fraction of sp³-hybridized carbons (Fsp3) is 0.188. The van der Waals surface area contributed by atoms with Crippen molar-refractivity contribution in [3.8, 4) is 0 Å². The van der Waals surface area contributed by atoms with Crippen LogP contribution in [-0.2, 0) is 13.5 Å². The zero-order valence-corrected chi connectivity index (χ0v) is 13.6. The third kappa shape index (κ3) is 2.80. The Bertz CT molecular complexity index is 800. The molecule has 0 saturated carbocycles. The number of aliphatic hydroxyl groups is 1. The predicted octanol–water partition coefficient (Wildman–Crippen LogP) is 3.59. The van der Waals surface area contributed by atoms with Crippen molar-refractivity contribution in [1.29, 1.82) is 0 Å². The highest BCUT2D eigenvalue weighted by molar-refractivity contribution is 14.1. The fourth-order valence-corrected chi connectivity index (χ4v) is 3.27. The van der Waals surface area contributed by atoms with E-state index >= 15 is 0 Å². The van der Waals surface area contributed by atoms with Gasteiger partial charge in [-0.15, -0.1) is 0 Å². The van der Waals surface area contributed by atoms with Gasteiger partial charge in [0.2, 0.25) is 0 Å². The first-order valence-corrected chi connectivity index (χ1v) is 7.67. The van der Waals surface area contributed by atoms with Crippen molar-refractivity contribution in [1.82, 2.24) is 9.55 Å². The monoisotopic (exact) mass is 396 g/mol. The zero-order chi connectivity index (χ0) is 15.0. The standard InChI is InChI=1S/C16H14FIN2O/c1-20-14-5-3-2-4-13(14)19-16(20)9-15(21)11-7-6-10(17)8-12(11)18/h2-8,15,21H,9H2,1H3. The lowest BCUT2D eigenvalue weighted by Gasteiger charge is -2.13. The molecular formula is C16H14FIN2O. The molecule has 3 rings (SSSR count). The van der Waals surface area contributed by atoms with Crippen LogP contribution in [0, 0.1) is 9.39 Å². The molecule has 3 aromatic rings. The summed E-state index contributed by atoms with van der Waals surface area (Å²) in [5, 5.41) is 10.4. The van der Waals surface area contributed by atoms with Gasteiger partial charge in [0.25, 0.3) is 0 Å². The maximum Gasteiger partial charge on any atom is 0.124 e. The molecule has 1 heterocycles. The number of fused-ring (bicyclic) bond motifs is 1. The van der Waals surface area contributed by atoms with Crippen LogP contribution in [0.3, 0.4) is 0 Å². The molecule has 0 aliphatic heterocycles. The first-order chi connectivity index (χ1) is 10.1. The van der Waals surface area contributed by atoms with Crippen molar-refractivity contribution in [3.05, 3.63) is 63.2 Å². The van der Waals surface area contributed by atoms with Crippen LogP contribution in [0.1, 0.15) is 17.5 Å². The molecule has 0 radical (unpaired) electrons. The third-order valence-corrected chi connectivity index (χ3v) is 4.51. The SMILES string of the molecule is Cn1c(CC(O)c2ccc(F)cc2I)nc2ccccc21. The van der Waals surface area contributed by atoms with Crippen LogP contribution in [0.5, 0.6) is 0 Å². The highest BCUT2D eigenvalue weighted by Gasteiger charge is 2.16. The maximum absolute atomic E-state index is 13.1. The fourth-order valence-electron chi connectivity index (χ4n) is 2.43. The molecule has 1 atom stereocenters. The lowest BCUT2D eigenvalue weighted by Crippen LogP contribution is -2.08. The van der Waals surface area contributed by atoms with Crippen molar-refractivity contribution in [3.63, 3.8) is 0 Å². The summed E-state index contributed by atoms with van der Waals surface area (Å²) in [6.45, 7) is 0. The number of halogens is 2. The van der Waals surface area contributed by atoms with E-state index in [4.69, 9.17) is 0 Å². The summed E-state index contributed by atoms with van der Waals surface area (Å²) in [5.74, 6) is 0.516. The minimum atomic E-state index is -0.701. The van der Waals surface area contributed by atoms with Crippen LogP contribution >= 0.6 is 22.6 Å². The summed E-state index contributed by atoms with van der Waals surface area (Å²) >= 11 is 2.04. The second-order valence-electron chi connectivity index (χ2n) is 4.96. The second kappa shape index (κ2) is 5.73. The second-order valence-corrected chi connectivity index (χ2v) is 6.12. The lowest BCUT2D eigenvalue weighted by atomic mass is 10.1. The molecule has 1 aromatic heterocycles. The van der Waals surface area contributed by atoms with Crippen molar-refractivity contribution in [2.24, 2.45) is 7.05 Å². The average molecular weight is 396 g/mol. The quantitative estimate of drug-likeness (QED) is 0.688. The van der Waals surface area contributed by atoms with Gasteiger partial charge >= 0.3 is 0 Å². The molecule has 21 heavy (non-hydrogen) atoms. The molecule has 0 aliphatic carbocycles. The number of para-hydroxylation sites is 2. The summed E-state index contributed by atoms with van der Waals surface area (Å²) < 4.78 is 15.8. The average Bonchev–Trinajstić information content (AvgIpc) is 2.76. The highest BCUT2D eigenvalue weighted by atomic mass is 127. The van der Waals surface area contributed by atoms with E-state index in [1.807, 2.05) is 58.5 Å². The third-order valence-electron chi connectivity index (χ3n) is 3.58. The van der Waals surface area contributed by atoms with Gasteiger partial charge < -0.3 is 9.67 Å². The zero-order valence-electron chi connectivity index (χ0n) is 11.4. The normalized spacial score (nSPS) is 12.8. The van der Waals surface area contributed by atoms with Gasteiger partial charge in [0.15, 0.2) is 0 Å². The Labute approximate surface area is 135 Å². The summed E-state index contributed by atoms with van der Waals surface area (Å²) in [4.78, 5) is 4.55. The number of rotatable bonds is 3. The van der Waals surface area contributed by atoms with E-state index in [0.717, 1.165) is 26.0 Å². The van der Waals surface area contributed by atoms with Crippen LogP contribution in [-0.4, -0.2) is 14.7 Å². The number of benzene rings is 2. The molecule has 5 heteroatoms. The van der Waals surface area contributed by atoms with Gasteiger partial charge in [-0.25, -0.2) is 9.37 Å². The number of hydrogen-bond donors (Lipinski definition) is 1. The molecule has 0 amide bonds. The Kier molecular flexibility index (Phi) is 3.95. The summed E-state index contributed by atoms with van der Waals surface area (Å²) in [6, 6.07) is 12.3. The van der Waals surface area contributed by atoms with Crippen molar-refractivity contribution in [2.75, 3.05) is 0 Å². The van der Waals surface area contributed by atoms with Crippen molar-refractivity contribution >= 4 is 33.6 Å². The highest BCUT2D eigenvalue weighted by Crippen LogP contribution is 2.25. The molecule has 0 spiro atoms. The first-order valence-electron chi connectivity index (χ1n) is 6.59. The molecule has 0 saturated heterocycles. The number of aromatic nitrogens is 2. The van der Waals surface area contributed by atoms with E-state index in [1.165, 1.54) is 12.1 Å². The molecule has 0 bridgehead atoms. The van der Waals surface area contributed by atoms with Gasteiger partial charge in [0.1, 0.15) is 11.6 Å². The molecule has 1 N–H and O–H groups in total. The minimum Gasteiger partial charge on any atom is -0.388 e. The van der Waals surface area contributed by atoms with E-state index < -0.39 is 6.10 Å². The molecule has 2 aromatic carbocycles.